The van der Waals surface area contributed by atoms with Crippen molar-refractivity contribution in [3.05, 3.63) is 381 Å². The predicted molar refractivity (Wildman–Crippen MR) is 555 cm³/mol. The molecule has 0 fully saturated rings. The van der Waals surface area contributed by atoms with E-state index < -0.39 is 90.6 Å². The number of nitrogens with two attached hydrogens (primary N) is 1. The summed E-state index contributed by atoms with van der Waals surface area (Å²) in [5.74, 6) is -4.70. The van der Waals surface area contributed by atoms with Crippen LogP contribution in [0.4, 0.5) is 64.3 Å². The standard InChI is InChI=1S/C23H21F2N7.C19H16BrF2N5.C12H13F2N3O2.C10H6F2N2O2.C10H10F2N2.C9H7Br2N3.C8H5F2N.C5H7N.C4H8N2O2/c1-13(2)19-11-29-23-22(30-20(12-32(19)23)31-7-6-26-14(31)3)27-5-4-15-10-28-18-9-16(24)8-17(25)21(15)18;1-10(2)15-8-25-19-18(26-16(20)9-27(15)19)23-4-3-11-7-24-14-6-12(21)5-13(22)17(11)14;1-16(2)11(6-17(18)19)8-5-15-10-4-7(13)3-9(14)12(8)10;11-7-3-8(12)10-6(1-2-14(15)16)5-13-9(10)4-7;11-7-3-8(12)10-6(1-2-13)5-14-9(10)4-7;1-5(2)6-3-12-9-8(11)13-7(10)4-14(6)9;9-5-3-7(10)6-1-2-11-8(6)4-5;1-5-3-2-4-6-5;1-5(2)3-4-6(7)8/h6-12,28H,1,4-5H2,2-3H3,(H,27,30);5-9,24H,1,3-4H2,2H3,(H,23,26);3-5,11,15H,6H2,1-2H3;1-5,13H;3-5,14H,1-2,13H2;3-4H,1H2,2H3;1-4,11H;2,4H,3H2,1H3;3-4H,1-2H3/b;;;2-1+;;;;;4-3-. The van der Waals surface area contributed by atoms with Gasteiger partial charge in [0, 0.05) is 198 Å². The number of aromatic nitrogens is 17. The molecule has 1 unspecified atom stereocenters. The van der Waals surface area contributed by atoms with E-state index in [9.17, 15) is 83.0 Å². The van der Waals surface area contributed by atoms with Gasteiger partial charge in [-0.1, -0.05) is 25.8 Å². The Hall–Kier alpha value is -16.1. The van der Waals surface area contributed by atoms with Gasteiger partial charge in [0.15, 0.2) is 39.0 Å². The number of allylic oxidation sites excluding steroid dienone is 4. The molecule has 0 saturated heterocycles. The van der Waals surface area contributed by atoms with Crippen molar-refractivity contribution in [3.8, 4) is 5.82 Å². The number of H-pyrrole nitrogens is 6. The van der Waals surface area contributed by atoms with Crippen LogP contribution in [0.15, 0.2) is 235 Å². The highest BCUT2D eigenvalue weighted by molar-refractivity contribution is 9.11. The number of anilines is 2. The van der Waals surface area contributed by atoms with Crippen LogP contribution in [0, 0.1) is 107 Å². The Bertz CT molecular complexity index is 8230. The Kier molecular flexibility index (Phi) is 36.9. The number of nitro groups is 3. The molecule has 0 amide bonds. The van der Waals surface area contributed by atoms with E-state index in [4.69, 9.17) is 10.7 Å². The zero-order valence-corrected chi connectivity index (χ0v) is 84.5. The summed E-state index contributed by atoms with van der Waals surface area (Å²) in [6, 6.07) is 13.5. The van der Waals surface area contributed by atoms with Crippen LogP contribution in [0.5, 0.6) is 0 Å². The second-order valence-corrected chi connectivity index (χ2v) is 35.6. The number of aryl methyl sites for hydroxylation is 1. The molecule has 764 valence electrons. The molecule has 1 atom stereocenters. The van der Waals surface area contributed by atoms with Gasteiger partial charge in [0.05, 0.1) is 91.0 Å². The third-order valence-corrected chi connectivity index (χ3v) is 23.2. The summed E-state index contributed by atoms with van der Waals surface area (Å²) in [6.07, 6.45) is 34.7. The highest BCUT2D eigenvalue weighted by Crippen LogP contribution is 2.34. The molecule has 1 aliphatic heterocycles. The van der Waals surface area contributed by atoms with E-state index in [1.54, 1.807) is 93.6 Å². The minimum atomic E-state index is -0.751. The number of imidazole rings is 4. The first-order valence-corrected chi connectivity index (χ1v) is 46.5. The molecule has 14 heterocycles. The van der Waals surface area contributed by atoms with Gasteiger partial charge in [-0.15, -0.1) is 0 Å². The van der Waals surface area contributed by atoms with Crippen LogP contribution in [0.2, 0.25) is 0 Å². The van der Waals surface area contributed by atoms with Gasteiger partial charge in [0.1, 0.15) is 90.9 Å². The number of aliphatic imine (C=N–C) groups is 1. The molecule has 47 heteroatoms. The van der Waals surface area contributed by atoms with Crippen molar-refractivity contribution in [1.29, 1.82) is 0 Å². The van der Waals surface area contributed by atoms with Crippen LogP contribution >= 0.6 is 47.8 Å². The molecule has 0 spiro atoms. The second-order valence-electron chi connectivity index (χ2n) is 33.2. The fourth-order valence-electron chi connectivity index (χ4n) is 15.3. The lowest BCUT2D eigenvalue weighted by atomic mass is 10.0. The Morgan fingerprint density at radius 2 is 0.939 bits per heavy atom. The van der Waals surface area contributed by atoms with E-state index >= 15 is 0 Å². The minimum Gasteiger partial charge on any atom is -0.379 e. The summed E-state index contributed by atoms with van der Waals surface area (Å²) in [6.45, 7) is 22.7. The molecule has 19 aromatic rings. The van der Waals surface area contributed by atoms with Gasteiger partial charge < -0.3 is 51.2 Å². The van der Waals surface area contributed by atoms with Gasteiger partial charge in [-0.25, -0.2) is 87.6 Å². The molecule has 0 radical (unpaired) electrons. The third-order valence-electron chi connectivity index (χ3n) is 21.9. The Balaban J connectivity index is 0.000000153. The molecule has 20 rings (SSSR count). The summed E-state index contributed by atoms with van der Waals surface area (Å²) in [5.41, 5.74) is 19.8. The molecule has 0 saturated carbocycles. The fourth-order valence-corrected chi connectivity index (χ4v) is 16.8. The van der Waals surface area contributed by atoms with E-state index in [-0.39, 0.29) is 22.8 Å². The number of hydrogen-bond donors (Lipinski definition) is 9. The van der Waals surface area contributed by atoms with Crippen LogP contribution in [0.1, 0.15) is 90.9 Å². The summed E-state index contributed by atoms with van der Waals surface area (Å²) >= 11 is 10.1. The summed E-state index contributed by atoms with van der Waals surface area (Å²) in [4.78, 5) is 83.7. The highest BCUT2D eigenvalue weighted by atomic mass is 79.9. The monoisotopic (exact) mass is 2220 g/mol. The Morgan fingerprint density at radius 3 is 1.37 bits per heavy atom. The van der Waals surface area contributed by atoms with Crippen molar-refractivity contribution >= 4 is 170 Å². The van der Waals surface area contributed by atoms with Gasteiger partial charge in [-0.2, -0.15) is 0 Å². The zero-order chi connectivity index (χ0) is 107. The first kappa shape index (κ1) is 110. The number of nitrogens with one attached hydrogen (secondary N) is 8. The molecule has 1 aliphatic rings. The Labute approximate surface area is 853 Å². The molecule has 32 nitrogen and oxygen atoms in total. The summed E-state index contributed by atoms with van der Waals surface area (Å²) < 4.78 is 170. The number of aromatic amines is 6. The van der Waals surface area contributed by atoms with Crippen molar-refractivity contribution in [1.82, 2.24) is 92.4 Å². The van der Waals surface area contributed by atoms with Crippen LogP contribution in [-0.4, -0.2) is 167 Å². The molecular weight excluding hydrogens is 2130 g/mol. The van der Waals surface area contributed by atoms with E-state index in [0.717, 1.165) is 132 Å². The topological polar surface area (TPSA) is 401 Å². The maximum absolute atomic E-state index is 14.3. The third kappa shape index (κ3) is 27.9. The quantitative estimate of drug-likeness (QED) is 0.0173. The number of hydrogen-bond acceptors (Lipinski definition) is 19. The van der Waals surface area contributed by atoms with Gasteiger partial charge >= 0.3 is 0 Å². The fraction of sp³-hybridized carbons (Fsp3) is 0.180. The van der Waals surface area contributed by atoms with Crippen molar-refractivity contribution in [2.24, 2.45) is 10.7 Å². The minimum absolute atomic E-state index is 0.138. The first-order valence-electron chi connectivity index (χ1n) is 44.2. The number of nitrogens with zero attached hydrogens (tertiary/aromatic N) is 17. The number of rotatable bonds is 22. The van der Waals surface area contributed by atoms with Crippen molar-refractivity contribution in [3.63, 3.8) is 0 Å². The van der Waals surface area contributed by atoms with Gasteiger partial charge in [0.25, 0.3) is 0 Å². The van der Waals surface area contributed by atoms with Crippen molar-refractivity contribution < 1.29 is 67.5 Å². The lowest BCUT2D eigenvalue weighted by Crippen LogP contribution is -2.26. The number of likely N-dealkylation sites (N-methyl/N-ethyl adjacent to an activating group) is 1. The van der Waals surface area contributed by atoms with Crippen LogP contribution in [0.25, 0.3) is 111 Å². The van der Waals surface area contributed by atoms with Gasteiger partial charge in [0.2, 0.25) is 18.9 Å². The van der Waals surface area contributed by atoms with Crippen LogP contribution < -0.4 is 16.4 Å². The van der Waals surface area contributed by atoms with Gasteiger partial charge in [-0.05, 0) is 198 Å². The van der Waals surface area contributed by atoms with E-state index in [1.165, 1.54) is 54.6 Å². The molecular formula is C100H93Br3F12N26O6. The SMILES string of the molecule is C=C(C)c1cnc2c(Br)nc(Br)cn12.C=C(C)c1cnc2c(NCCc3c[nH]c4cc(F)cc(F)c34)nc(-n3ccnc3C)cn12.C=C(C)c1cnc2c(NCCc3c[nH]c4cc(F)cc(F)c34)nc(Br)cn12.CC1=NC=CC1.CN(C)/C=C\[N+](=O)[O-].CN(C)C(C[N+](=O)[O-])c1c[nH]c2cc(F)cc(F)c12.Fc1cc(F)c2cc[nH]c2c1.NCCc1c[nH]c2cc(F)cc(F)c12.O=[N+]([O-])/C=C/c1c[nH]c2cc(F)cc(F)c12. The number of halogens is 15. The number of benzene rings is 6. The largest absolute Gasteiger partial charge is 0.379 e. The molecule has 147 heavy (non-hydrogen) atoms. The molecule has 0 aliphatic carbocycles. The number of fused-ring (bicyclic) bond motifs is 9. The van der Waals surface area contributed by atoms with E-state index in [0.29, 0.717) is 139 Å². The molecule has 0 bridgehead atoms. The van der Waals surface area contributed by atoms with Crippen LogP contribution in [-0.2, 0) is 19.3 Å². The van der Waals surface area contributed by atoms with Gasteiger partial charge in [-0.3, -0.25) is 58.0 Å². The first-order chi connectivity index (χ1) is 69.9. The zero-order valence-electron chi connectivity index (χ0n) is 79.7. The Morgan fingerprint density at radius 1 is 0.517 bits per heavy atom. The summed E-state index contributed by atoms with van der Waals surface area (Å²) in [7, 11) is 6.79. The molecule has 10 N–H and O–H groups in total. The lowest BCUT2D eigenvalue weighted by molar-refractivity contribution is -0.487. The van der Waals surface area contributed by atoms with Crippen molar-refractivity contribution in [2.45, 2.75) is 66.3 Å². The predicted octanol–water partition coefficient (Wildman–Crippen LogP) is 24.0. The van der Waals surface area contributed by atoms with E-state index in [1.807, 2.05) is 83.4 Å². The van der Waals surface area contributed by atoms with Crippen molar-refractivity contribution in [2.75, 3.05) is 65.0 Å². The maximum atomic E-state index is 14.3. The lowest BCUT2D eigenvalue weighted by Gasteiger charge is -2.20. The maximum Gasteiger partial charge on any atom is 0.250 e. The highest BCUT2D eigenvalue weighted by Gasteiger charge is 2.27. The molecule has 6 aromatic carbocycles. The molecule has 13 aromatic heterocycles. The normalized spacial score (nSPS) is 11.7. The summed E-state index contributed by atoms with van der Waals surface area (Å²) in [5, 5.41) is 39.0. The van der Waals surface area contributed by atoms with E-state index in [2.05, 4.69) is 149 Å². The van der Waals surface area contributed by atoms with Crippen LogP contribution in [0.3, 0.4) is 0 Å². The average Bonchev–Trinajstić information content (AvgIpc) is 1.63. The average molecular weight is 2220 g/mol. The second kappa shape index (κ2) is 49.4. The smallest absolute Gasteiger partial charge is 0.250 e.